The van der Waals surface area contributed by atoms with Crippen molar-refractivity contribution in [1.29, 1.82) is 5.26 Å². The number of fused-ring (bicyclic) bond motifs is 1. The molecule has 3 heterocycles. The van der Waals surface area contributed by atoms with Crippen molar-refractivity contribution in [3.8, 4) is 28.8 Å². The van der Waals surface area contributed by atoms with E-state index in [4.69, 9.17) is 19.0 Å². The molecule has 180 valence electrons. The molecule has 0 unspecified atom stereocenters. The van der Waals surface area contributed by atoms with Gasteiger partial charge in [-0.05, 0) is 42.0 Å². The average Bonchev–Trinajstić information content (AvgIpc) is 3.50. The van der Waals surface area contributed by atoms with Gasteiger partial charge in [-0.1, -0.05) is 30.3 Å². The van der Waals surface area contributed by atoms with Crippen LogP contribution in [-0.2, 0) is 17.9 Å². The van der Waals surface area contributed by atoms with Crippen LogP contribution < -0.4 is 14.8 Å². The molecule has 1 aliphatic rings. The minimum Gasteiger partial charge on any atom is -0.490 e. The van der Waals surface area contributed by atoms with Gasteiger partial charge in [-0.3, -0.25) is 9.48 Å². The highest BCUT2D eigenvalue weighted by molar-refractivity contribution is 6.02. The molecule has 0 aliphatic carbocycles. The summed E-state index contributed by atoms with van der Waals surface area (Å²) in [5.41, 5.74) is 3.12. The Balaban J connectivity index is 1.49. The second kappa shape index (κ2) is 10.7. The van der Waals surface area contributed by atoms with Crippen LogP contribution in [0.1, 0.15) is 23.3 Å². The monoisotopic (exact) mass is 480 g/mol. The molecular formula is C28H24N4O4. The third-order valence-electron chi connectivity index (χ3n) is 5.67. The zero-order chi connectivity index (χ0) is 24.7. The summed E-state index contributed by atoms with van der Waals surface area (Å²) < 4.78 is 18.7. The quantitative estimate of drug-likeness (QED) is 0.307. The number of ether oxygens (including phenoxy) is 2. The first-order valence-electron chi connectivity index (χ1n) is 11.6. The van der Waals surface area contributed by atoms with Crippen molar-refractivity contribution in [2.75, 3.05) is 13.2 Å². The van der Waals surface area contributed by atoms with Crippen LogP contribution in [0.2, 0.25) is 0 Å². The molecule has 36 heavy (non-hydrogen) atoms. The van der Waals surface area contributed by atoms with Crippen molar-refractivity contribution in [1.82, 2.24) is 15.1 Å². The number of amides is 1. The zero-order valence-electron chi connectivity index (χ0n) is 19.5. The van der Waals surface area contributed by atoms with Gasteiger partial charge in [0, 0.05) is 23.7 Å². The highest BCUT2D eigenvalue weighted by Gasteiger charge is 2.18. The maximum Gasteiger partial charge on any atom is 0.262 e. The predicted molar refractivity (Wildman–Crippen MR) is 133 cm³/mol. The Kier molecular flexibility index (Phi) is 6.81. The van der Waals surface area contributed by atoms with Crippen molar-refractivity contribution in [2.24, 2.45) is 0 Å². The summed E-state index contributed by atoms with van der Waals surface area (Å²) in [6.45, 7) is 1.90. The standard InChI is InChI=1S/C28H24N4O4/c29-16-22(28(33)30-17-24-8-4-11-34-24)14-23-19-32(18-20-6-2-1-3-7-20)31-27(23)21-9-10-25-26(15-21)36-13-5-12-35-25/h1-4,6-11,14-15,19H,5,12-13,17-18H2,(H,30,33)/b22-14+. The van der Waals surface area contributed by atoms with Crippen molar-refractivity contribution in [3.05, 3.63) is 95.6 Å². The summed E-state index contributed by atoms with van der Waals surface area (Å²) in [4.78, 5) is 12.7. The van der Waals surface area contributed by atoms with Crippen LogP contribution in [0.25, 0.3) is 17.3 Å². The van der Waals surface area contributed by atoms with E-state index in [0.29, 0.717) is 48.3 Å². The SMILES string of the molecule is N#C/C(=C\c1cn(Cc2ccccc2)nc1-c1ccc2c(c1)OCCCO2)C(=O)NCc1ccco1. The zero-order valence-corrected chi connectivity index (χ0v) is 19.5. The molecule has 0 spiro atoms. The maximum atomic E-state index is 12.7. The first-order chi connectivity index (χ1) is 17.7. The third kappa shape index (κ3) is 5.31. The number of carbonyl (C=O) groups excluding carboxylic acids is 1. The lowest BCUT2D eigenvalue weighted by atomic mass is 10.1. The van der Waals surface area contributed by atoms with Gasteiger partial charge >= 0.3 is 0 Å². The van der Waals surface area contributed by atoms with Crippen LogP contribution in [0.5, 0.6) is 11.5 Å². The first kappa shape index (κ1) is 23.0. The van der Waals surface area contributed by atoms with Gasteiger partial charge in [0.05, 0.1) is 38.3 Å². The van der Waals surface area contributed by atoms with E-state index in [1.807, 2.05) is 60.8 Å². The van der Waals surface area contributed by atoms with Crippen LogP contribution in [0, 0.1) is 11.3 Å². The van der Waals surface area contributed by atoms with E-state index >= 15 is 0 Å². The maximum absolute atomic E-state index is 12.7. The lowest BCUT2D eigenvalue weighted by Gasteiger charge is -2.09. The lowest BCUT2D eigenvalue weighted by molar-refractivity contribution is -0.117. The van der Waals surface area contributed by atoms with E-state index in [1.54, 1.807) is 22.9 Å². The van der Waals surface area contributed by atoms with Crippen molar-refractivity contribution >= 4 is 12.0 Å². The second-order valence-electron chi connectivity index (χ2n) is 8.26. The highest BCUT2D eigenvalue weighted by atomic mass is 16.5. The Morgan fingerprint density at radius 3 is 2.69 bits per heavy atom. The van der Waals surface area contributed by atoms with Crippen LogP contribution in [0.3, 0.4) is 0 Å². The first-order valence-corrected chi connectivity index (χ1v) is 11.6. The largest absolute Gasteiger partial charge is 0.490 e. The minimum atomic E-state index is -0.491. The molecule has 0 saturated heterocycles. The number of nitriles is 1. The van der Waals surface area contributed by atoms with Crippen LogP contribution in [-0.4, -0.2) is 28.9 Å². The van der Waals surface area contributed by atoms with Gasteiger partial charge in [-0.25, -0.2) is 0 Å². The van der Waals surface area contributed by atoms with Gasteiger partial charge < -0.3 is 19.2 Å². The molecule has 0 atom stereocenters. The summed E-state index contributed by atoms with van der Waals surface area (Å²) in [5.74, 6) is 1.44. The molecule has 8 nitrogen and oxygen atoms in total. The van der Waals surface area contributed by atoms with E-state index < -0.39 is 5.91 Å². The van der Waals surface area contributed by atoms with E-state index in [9.17, 15) is 10.1 Å². The number of carbonyl (C=O) groups is 1. The van der Waals surface area contributed by atoms with E-state index in [2.05, 4.69) is 5.32 Å². The molecule has 0 fully saturated rings. The molecule has 0 bridgehead atoms. The third-order valence-corrected chi connectivity index (χ3v) is 5.67. The van der Waals surface area contributed by atoms with Gasteiger partial charge in [0.25, 0.3) is 5.91 Å². The number of hydrogen-bond acceptors (Lipinski definition) is 6. The molecule has 2 aromatic heterocycles. The Labute approximate surface area is 208 Å². The van der Waals surface area contributed by atoms with Crippen molar-refractivity contribution in [3.63, 3.8) is 0 Å². The fraction of sp³-hybridized carbons (Fsp3) is 0.179. The molecule has 1 N–H and O–H groups in total. The summed E-state index contributed by atoms with van der Waals surface area (Å²) in [6.07, 6.45) is 5.74. The fourth-order valence-electron chi connectivity index (χ4n) is 3.91. The molecule has 0 saturated carbocycles. The normalized spacial score (nSPS) is 13.0. The summed E-state index contributed by atoms with van der Waals surface area (Å²) >= 11 is 0. The van der Waals surface area contributed by atoms with Gasteiger partial charge in [-0.2, -0.15) is 10.4 Å². The minimum absolute atomic E-state index is 0.0311. The number of nitrogens with one attached hydrogen (secondary N) is 1. The van der Waals surface area contributed by atoms with E-state index in [0.717, 1.165) is 17.5 Å². The smallest absolute Gasteiger partial charge is 0.262 e. The summed E-state index contributed by atoms with van der Waals surface area (Å²) in [6, 6.07) is 21.1. The Bertz CT molecular complexity index is 1420. The average molecular weight is 481 g/mol. The van der Waals surface area contributed by atoms with E-state index in [1.165, 1.54) is 6.26 Å². The highest BCUT2D eigenvalue weighted by Crippen LogP contribution is 2.35. The number of nitrogens with zero attached hydrogens (tertiary/aromatic N) is 3. The van der Waals surface area contributed by atoms with Crippen LogP contribution in [0.15, 0.2) is 83.1 Å². The molecule has 4 aromatic rings. The topological polar surface area (TPSA) is 102 Å². The van der Waals surface area contributed by atoms with Crippen LogP contribution >= 0.6 is 0 Å². The second-order valence-corrected chi connectivity index (χ2v) is 8.26. The molecule has 2 aromatic carbocycles. The molecular weight excluding hydrogens is 456 g/mol. The fourth-order valence-corrected chi connectivity index (χ4v) is 3.91. The molecule has 8 heteroatoms. The van der Waals surface area contributed by atoms with E-state index in [-0.39, 0.29) is 12.1 Å². The summed E-state index contributed by atoms with van der Waals surface area (Å²) in [5, 5.41) is 17.3. The molecule has 1 aliphatic heterocycles. The van der Waals surface area contributed by atoms with Crippen LogP contribution in [0.4, 0.5) is 0 Å². The van der Waals surface area contributed by atoms with Gasteiger partial charge in [0.15, 0.2) is 11.5 Å². The molecule has 1 amide bonds. The number of benzene rings is 2. The summed E-state index contributed by atoms with van der Waals surface area (Å²) in [7, 11) is 0. The Hall–Kier alpha value is -4.77. The van der Waals surface area contributed by atoms with Gasteiger partial charge in [0.1, 0.15) is 17.4 Å². The Morgan fingerprint density at radius 1 is 1.08 bits per heavy atom. The lowest BCUT2D eigenvalue weighted by Crippen LogP contribution is -2.23. The van der Waals surface area contributed by atoms with Crippen molar-refractivity contribution in [2.45, 2.75) is 19.5 Å². The van der Waals surface area contributed by atoms with Gasteiger partial charge in [-0.15, -0.1) is 0 Å². The van der Waals surface area contributed by atoms with Gasteiger partial charge in [0.2, 0.25) is 0 Å². The number of hydrogen-bond donors (Lipinski definition) is 1. The number of rotatable bonds is 7. The predicted octanol–water partition coefficient (Wildman–Crippen LogP) is 4.58. The number of aromatic nitrogens is 2. The number of furan rings is 1. The van der Waals surface area contributed by atoms with Crippen molar-refractivity contribution < 1.29 is 18.7 Å². The molecule has 5 rings (SSSR count). The molecule has 0 radical (unpaired) electrons. The Morgan fingerprint density at radius 2 is 1.92 bits per heavy atom.